The first-order chi connectivity index (χ1) is 9.47. The average molecular weight is 272 g/mol. The van der Waals surface area contributed by atoms with E-state index < -0.39 is 0 Å². The molecule has 2 rings (SSSR count). The summed E-state index contributed by atoms with van der Waals surface area (Å²) < 4.78 is 1.86. The van der Waals surface area contributed by atoms with E-state index in [1.54, 1.807) is 19.0 Å². The quantitative estimate of drug-likeness (QED) is 0.926. The number of hydrogen-bond acceptors (Lipinski definition) is 3. The zero-order chi connectivity index (χ0) is 14.7. The molecule has 1 aromatic carbocycles. The van der Waals surface area contributed by atoms with Crippen molar-refractivity contribution >= 4 is 11.7 Å². The number of carbonyl (C=O) groups is 1. The minimum atomic E-state index is 0.0209. The van der Waals surface area contributed by atoms with E-state index in [2.05, 4.69) is 29.5 Å². The number of amides is 1. The van der Waals surface area contributed by atoms with Gasteiger partial charge in [-0.05, 0) is 26.0 Å². The summed E-state index contributed by atoms with van der Waals surface area (Å²) >= 11 is 0. The molecule has 0 aliphatic rings. The van der Waals surface area contributed by atoms with E-state index in [1.165, 1.54) is 5.56 Å². The number of benzene rings is 1. The Morgan fingerprint density at radius 3 is 2.50 bits per heavy atom. The number of nitrogens with zero attached hydrogens (tertiary/aromatic N) is 3. The maximum atomic E-state index is 11.5. The van der Waals surface area contributed by atoms with Gasteiger partial charge in [-0.25, -0.2) is 4.68 Å². The second kappa shape index (κ2) is 5.77. The van der Waals surface area contributed by atoms with Gasteiger partial charge in [-0.15, -0.1) is 0 Å². The number of rotatable bonds is 4. The minimum absolute atomic E-state index is 0.0209. The van der Waals surface area contributed by atoms with Gasteiger partial charge in [0.2, 0.25) is 5.91 Å². The first-order valence-electron chi connectivity index (χ1n) is 6.55. The lowest BCUT2D eigenvalue weighted by atomic mass is 10.2. The van der Waals surface area contributed by atoms with Crippen molar-refractivity contribution in [3.05, 3.63) is 41.6 Å². The number of anilines is 1. The van der Waals surface area contributed by atoms with E-state index in [-0.39, 0.29) is 12.5 Å². The van der Waals surface area contributed by atoms with Crippen molar-refractivity contribution in [2.45, 2.75) is 13.8 Å². The zero-order valence-electron chi connectivity index (χ0n) is 12.3. The fraction of sp³-hybridized carbons (Fsp3) is 0.333. The largest absolute Gasteiger partial charge is 0.360 e. The van der Waals surface area contributed by atoms with Crippen molar-refractivity contribution in [2.24, 2.45) is 0 Å². The SMILES string of the molecule is Cc1ccc(-n2nc(NCC(=O)N(C)C)cc2C)cc1. The fourth-order valence-corrected chi connectivity index (χ4v) is 1.83. The van der Waals surface area contributed by atoms with Gasteiger partial charge in [-0.3, -0.25) is 4.79 Å². The van der Waals surface area contributed by atoms with Gasteiger partial charge < -0.3 is 10.2 Å². The van der Waals surface area contributed by atoms with Gasteiger partial charge in [0.05, 0.1) is 12.2 Å². The molecule has 2 aromatic rings. The lowest BCUT2D eigenvalue weighted by Gasteiger charge is -2.10. The lowest BCUT2D eigenvalue weighted by molar-refractivity contribution is -0.126. The second-order valence-corrected chi connectivity index (χ2v) is 5.06. The Morgan fingerprint density at radius 1 is 1.25 bits per heavy atom. The Labute approximate surface area is 119 Å². The Hall–Kier alpha value is -2.30. The van der Waals surface area contributed by atoms with E-state index in [4.69, 9.17) is 0 Å². The molecule has 0 bridgehead atoms. The number of nitrogens with one attached hydrogen (secondary N) is 1. The van der Waals surface area contributed by atoms with Gasteiger partial charge >= 0.3 is 0 Å². The van der Waals surface area contributed by atoms with Crippen molar-refractivity contribution in [2.75, 3.05) is 26.0 Å². The Morgan fingerprint density at radius 2 is 1.90 bits per heavy atom. The van der Waals surface area contributed by atoms with Crippen molar-refractivity contribution in [1.29, 1.82) is 0 Å². The van der Waals surface area contributed by atoms with Gasteiger partial charge in [0.15, 0.2) is 0 Å². The van der Waals surface area contributed by atoms with E-state index in [9.17, 15) is 4.79 Å². The Kier molecular flexibility index (Phi) is 4.08. The molecule has 1 aromatic heterocycles. The van der Waals surface area contributed by atoms with Crippen LogP contribution in [-0.4, -0.2) is 41.2 Å². The molecule has 0 unspecified atom stereocenters. The molecule has 1 heterocycles. The lowest BCUT2D eigenvalue weighted by Crippen LogP contribution is -2.28. The van der Waals surface area contributed by atoms with E-state index in [0.717, 1.165) is 11.4 Å². The first kappa shape index (κ1) is 14.1. The number of carbonyl (C=O) groups excluding carboxylic acids is 1. The number of aryl methyl sites for hydroxylation is 2. The molecule has 0 saturated carbocycles. The van der Waals surface area contributed by atoms with Gasteiger partial charge in [-0.2, -0.15) is 5.10 Å². The molecule has 0 atom stereocenters. The van der Waals surface area contributed by atoms with Gasteiger partial charge in [0.25, 0.3) is 0 Å². The molecule has 5 nitrogen and oxygen atoms in total. The van der Waals surface area contributed by atoms with Crippen molar-refractivity contribution in [3.8, 4) is 5.69 Å². The summed E-state index contributed by atoms with van der Waals surface area (Å²) in [4.78, 5) is 13.1. The van der Waals surface area contributed by atoms with Crippen LogP contribution < -0.4 is 5.32 Å². The molecular weight excluding hydrogens is 252 g/mol. The highest BCUT2D eigenvalue weighted by molar-refractivity contribution is 5.80. The number of likely N-dealkylation sites (N-methyl/N-ethyl adjacent to an activating group) is 1. The van der Waals surface area contributed by atoms with Crippen LogP contribution in [0, 0.1) is 13.8 Å². The van der Waals surface area contributed by atoms with Gasteiger partial charge in [0, 0.05) is 25.9 Å². The number of hydrogen-bond donors (Lipinski definition) is 1. The van der Waals surface area contributed by atoms with Crippen LogP contribution in [0.15, 0.2) is 30.3 Å². The molecule has 0 saturated heterocycles. The van der Waals surface area contributed by atoms with Gasteiger partial charge in [0.1, 0.15) is 5.82 Å². The van der Waals surface area contributed by atoms with Crippen LogP contribution in [0.25, 0.3) is 5.69 Å². The normalized spacial score (nSPS) is 10.4. The molecule has 1 amide bonds. The maximum Gasteiger partial charge on any atom is 0.241 e. The molecule has 0 spiro atoms. The molecule has 0 aliphatic carbocycles. The minimum Gasteiger partial charge on any atom is -0.360 e. The van der Waals surface area contributed by atoms with Crippen molar-refractivity contribution in [1.82, 2.24) is 14.7 Å². The molecule has 0 radical (unpaired) electrons. The number of aromatic nitrogens is 2. The Bertz CT molecular complexity index is 599. The van der Waals surface area contributed by atoms with Crippen molar-refractivity contribution < 1.29 is 4.79 Å². The standard InChI is InChI=1S/C15H20N4O/c1-11-5-7-13(8-6-11)19-12(2)9-14(17-19)16-10-15(20)18(3)4/h5-9H,10H2,1-4H3,(H,16,17). The van der Waals surface area contributed by atoms with E-state index >= 15 is 0 Å². The monoisotopic (exact) mass is 272 g/mol. The zero-order valence-corrected chi connectivity index (χ0v) is 12.3. The third kappa shape index (κ3) is 3.17. The van der Waals surface area contributed by atoms with Crippen LogP contribution >= 0.6 is 0 Å². The van der Waals surface area contributed by atoms with E-state index in [0.29, 0.717) is 5.82 Å². The third-order valence-electron chi connectivity index (χ3n) is 3.09. The summed E-state index contributed by atoms with van der Waals surface area (Å²) in [6, 6.07) is 10.1. The molecular formula is C15H20N4O. The highest BCUT2D eigenvalue weighted by Crippen LogP contribution is 2.15. The van der Waals surface area contributed by atoms with Crippen molar-refractivity contribution in [3.63, 3.8) is 0 Å². The smallest absolute Gasteiger partial charge is 0.241 e. The highest BCUT2D eigenvalue weighted by atomic mass is 16.2. The molecule has 5 heteroatoms. The summed E-state index contributed by atoms with van der Waals surface area (Å²) in [7, 11) is 3.47. The topological polar surface area (TPSA) is 50.2 Å². The molecule has 20 heavy (non-hydrogen) atoms. The first-order valence-corrected chi connectivity index (χ1v) is 6.55. The highest BCUT2D eigenvalue weighted by Gasteiger charge is 2.08. The van der Waals surface area contributed by atoms with Crippen LogP contribution in [0.3, 0.4) is 0 Å². The summed E-state index contributed by atoms with van der Waals surface area (Å²) in [5.41, 5.74) is 3.25. The maximum absolute atomic E-state index is 11.5. The molecule has 1 N–H and O–H groups in total. The summed E-state index contributed by atoms with van der Waals surface area (Å²) in [5.74, 6) is 0.728. The third-order valence-corrected chi connectivity index (χ3v) is 3.09. The fourth-order valence-electron chi connectivity index (χ4n) is 1.83. The second-order valence-electron chi connectivity index (χ2n) is 5.06. The van der Waals surface area contributed by atoms with Crippen LogP contribution in [0.4, 0.5) is 5.82 Å². The van der Waals surface area contributed by atoms with Gasteiger partial charge in [-0.1, -0.05) is 17.7 Å². The predicted molar refractivity (Wildman–Crippen MR) is 80.2 cm³/mol. The Balaban J connectivity index is 2.13. The molecule has 0 aliphatic heterocycles. The van der Waals surface area contributed by atoms with Crippen LogP contribution in [-0.2, 0) is 4.79 Å². The van der Waals surface area contributed by atoms with Crippen LogP contribution in [0.2, 0.25) is 0 Å². The summed E-state index contributed by atoms with van der Waals surface area (Å²) in [6.07, 6.45) is 0. The van der Waals surface area contributed by atoms with Crippen LogP contribution in [0.5, 0.6) is 0 Å². The summed E-state index contributed by atoms with van der Waals surface area (Å²) in [5, 5.41) is 7.52. The van der Waals surface area contributed by atoms with E-state index in [1.807, 2.05) is 29.8 Å². The average Bonchev–Trinajstić information content (AvgIpc) is 2.78. The molecule has 0 fully saturated rings. The summed E-state index contributed by atoms with van der Waals surface area (Å²) in [6.45, 7) is 4.29. The predicted octanol–water partition coefficient (Wildman–Crippen LogP) is 1.99. The van der Waals surface area contributed by atoms with Crippen LogP contribution in [0.1, 0.15) is 11.3 Å². The molecule has 106 valence electrons.